The average Bonchev–Trinajstić information content (AvgIpc) is 3.45. The number of rotatable bonds is 7. The Bertz CT molecular complexity index is 822. The van der Waals surface area contributed by atoms with Crippen molar-refractivity contribution < 1.29 is 9.47 Å². The minimum absolute atomic E-state index is 0.0739. The van der Waals surface area contributed by atoms with E-state index in [9.17, 15) is 9.59 Å². The quantitative estimate of drug-likeness (QED) is 0.561. The lowest BCUT2D eigenvalue weighted by atomic mass is 10.4. The number of hydrogen-bond acceptors (Lipinski definition) is 6. The van der Waals surface area contributed by atoms with Gasteiger partial charge >= 0.3 is 11.4 Å². The summed E-state index contributed by atoms with van der Waals surface area (Å²) in [5, 5.41) is 8.39. The lowest BCUT2D eigenvalue weighted by molar-refractivity contribution is 0.367. The van der Waals surface area contributed by atoms with Crippen molar-refractivity contribution in [3.63, 3.8) is 0 Å². The van der Waals surface area contributed by atoms with E-state index in [1.165, 1.54) is 24.8 Å². The summed E-state index contributed by atoms with van der Waals surface area (Å²) in [5.74, 6) is 0.640. The van der Waals surface area contributed by atoms with Gasteiger partial charge in [0.2, 0.25) is 0 Å². The molecule has 0 aliphatic carbocycles. The summed E-state index contributed by atoms with van der Waals surface area (Å²) in [6.45, 7) is 4.25. The molecule has 2 saturated heterocycles. The fourth-order valence-corrected chi connectivity index (χ4v) is 2.49. The number of epoxide rings is 2. The fourth-order valence-electron chi connectivity index (χ4n) is 2.49. The third-order valence-electron chi connectivity index (χ3n) is 3.96. The maximum atomic E-state index is 12.5. The molecule has 124 valence electrons. The van der Waals surface area contributed by atoms with Crippen molar-refractivity contribution in [1.29, 1.82) is 0 Å². The Kier molecular flexibility index (Phi) is 3.42. The molecule has 2 aromatic rings. The smallest absolute Gasteiger partial charge is 0.347 e. The van der Waals surface area contributed by atoms with Gasteiger partial charge in [-0.1, -0.05) is 6.92 Å². The van der Waals surface area contributed by atoms with Gasteiger partial charge in [0.1, 0.15) is 31.0 Å². The van der Waals surface area contributed by atoms with Crippen LogP contribution < -0.4 is 11.4 Å². The minimum Gasteiger partial charge on any atom is -0.371 e. The average molecular weight is 322 g/mol. The van der Waals surface area contributed by atoms with Gasteiger partial charge in [-0.3, -0.25) is 9.13 Å². The molecule has 4 rings (SSSR count). The van der Waals surface area contributed by atoms with E-state index in [0.717, 1.165) is 0 Å². The molecule has 0 unspecified atom stereocenters. The molecule has 2 aromatic heterocycles. The van der Waals surface area contributed by atoms with Crippen LogP contribution in [0.2, 0.25) is 0 Å². The van der Waals surface area contributed by atoms with Gasteiger partial charge in [0.05, 0.1) is 26.3 Å². The molecule has 10 heteroatoms. The Morgan fingerprint density at radius 1 is 1.13 bits per heavy atom. The topological polar surface area (TPSA) is 105 Å². The van der Waals surface area contributed by atoms with Gasteiger partial charge in [-0.25, -0.2) is 19.0 Å². The zero-order valence-corrected chi connectivity index (χ0v) is 12.8. The molecule has 0 bridgehead atoms. The number of aromatic nitrogens is 6. The molecule has 2 atom stereocenters. The lowest BCUT2D eigenvalue weighted by Crippen LogP contribution is -2.33. The predicted molar refractivity (Wildman–Crippen MR) is 77.2 cm³/mol. The summed E-state index contributed by atoms with van der Waals surface area (Å²) in [6.07, 6.45) is 2.20. The van der Waals surface area contributed by atoms with Crippen LogP contribution in [-0.2, 0) is 35.7 Å². The third kappa shape index (κ3) is 2.86. The normalized spacial score (nSPS) is 22.5. The first-order valence-corrected chi connectivity index (χ1v) is 7.67. The highest BCUT2D eigenvalue weighted by Gasteiger charge is 2.26. The van der Waals surface area contributed by atoms with Crippen molar-refractivity contribution in [2.75, 3.05) is 13.2 Å². The van der Waals surface area contributed by atoms with Gasteiger partial charge in [-0.2, -0.15) is 10.2 Å². The molecule has 0 aromatic carbocycles. The maximum absolute atomic E-state index is 12.5. The second-order valence-corrected chi connectivity index (χ2v) is 5.78. The van der Waals surface area contributed by atoms with E-state index in [1.54, 1.807) is 0 Å². The van der Waals surface area contributed by atoms with Gasteiger partial charge in [0.25, 0.3) is 0 Å². The number of aryl methyl sites for hydroxylation is 1. The van der Waals surface area contributed by atoms with Crippen LogP contribution in [0.1, 0.15) is 12.7 Å². The van der Waals surface area contributed by atoms with Crippen LogP contribution in [0.4, 0.5) is 0 Å². The Morgan fingerprint density at radius 3 is 2.39 bits per heavy atom. The molecule has 2 aliphatic rings. The van der Waals surface area contributed by atoms with Crippen LogP contribution in [0, 0.1) is 0 Å². The maximum Gasteiger partial charge on any atom is 0.347 e. The van der Waals surface area contributed by atoms with E-state index in [-0.39, 0.29) is 30.3 Å². The molecule has 0 amide bonds. The van der Waals surface area contributed by atoms with E-state index < -0.39 is 0 Å². The monoisotopic (exact) mass is 322 g/mol. The van der Waals surface area contributed by atoms with Crippen LogP contribution in [0.5, 0.6) is 0 Å². The highest BCUT2D eigenvalue weighted by atomic mass is 16.6. The van der Waals surface area contributed by atoms with Crippen LogP contribution in [0.25, 0.3) is 0 Å². The summed E-state index contributed by atoms with van der Waals surface area (Å²) in [4.78, 5) is 24.8. The van der Waals surface area contributed by atoms with Crippen LogP contribution >= 0.6 is 0 Å². The molecule has 4 heterocycles. The first-order valence-electron chi connectivity index (χ1n) is 7.67. The molecular weight excluding hydrogens is 304 g/mol. The second-order valence-electron chi connectivity index (χ2n) is 5.78. The highest BCUT2D eigenvalue weighted by molar-refractivity contribution is 4.89. The van der Waals surface area contributed by atoms with Gasteiger partial charge in [-0.05, 0) is 0 Å². The van der Waals surface area contributed by atoms with Crippen molar-refractivity contribution in [2.24, 2.45) is 0 Å². The molecule has 0 radical (unpaired) electrons. The van der Waals surface area contributed by atoms with Crippen molar-refractivity contribution in [1.82, 2.24) is 28.7 Å². The third-order valence-corrected chi connectivity index (χ3v) is 3.96. The molecule has 2 aliphatic heterocycles. The van der Waals surface area contributed by atoms with Crippen molar-refractivity contribution in [3.8, 4) is 0 Å². The summed E-state index contributed by atoms with van der Waals surface area (Å²) in [6, 6.07) is 0. The van der Waals surface area contributed by atoms with Crippen LogP contribution in [0.15, 0.2) is 15.9 Å². The van der Waals surface area contributed by atoms with Crippen molar-refractivity contribution in [3.05, 3.63) is 33.1 Å². The van der Waals surface area contributed by atoms with Crippen LogP contribution in [0.3, 0.4) is 0 Å². The Labute approximate surface area is 130 Å². The lowest BCUT2D eigenvalue weighted by Gasteiger charge is -2.03. The highest BCUT2D eigenvalue weighted by Crippen LogP contribution is 2.10. The standard InChI is InChI=1S/C13H18N6O4/c1-2-11-15-19(4-10-6-23-10)13(21)17(11)8-16-7-14-18(12(16)20)3-9-5-22-9/h7,9-10H,2-6,8H2,1H3/t9-,10-/m1/s1. The van der Waals surface area contributed by atoms with E-state index in [2.05, 4.69) is 10.2 Å². The fraction of sp³-hybridized carbons (Fsp3) is 0.692. The second kappa shape index (κ2) is 5.46. The van der Waals surface area contributed by atoms with E-state index in [1.807, 2.05) is 6.92 Å². The van der Waals surface area contributed by atoms with Crippen LogP contribution in [-0.4, -0.2) is 54.1 Å². The number of ether oxygens (including phenoxy) is 2. The largest absolute Gasteiger partial charge is 0.371 e. The predicted octanol–water partition coefficient (Wildman–Crippen LogP) is -1.73. The molecule has 2 fully saturated rings. The number of nitrogens with zero attached hydrogens (tertiary/aromatic N) is 6. The summed E-state index contributed by atoms with van der Waals surface area (Å²) in [7, 11) is 0. The molecular formula is C13H18N6O4. The number of hydrogen-bond donors (Lipinski definition) is 0. The summed E-state index contributed by atoms with van der Waals surface area (Å²) < 4.78 is 15.9. The van der Waals surface area contributed by atoms with Gasteiger partial charge < -0.3 is 9.47 Å². The molecule has 0 N–H and O–H groups in total. The molecule has 0 spiro atoms. The zero-order chi connectivity index (χ0) is 16.0. The molecule has 23 heavy (non-hydrogen) atoms. The van der Waals surface area contributed by atoms with E-state index in [0.29, 0.717) is 38.5 Å². The zero-order valence-electron chi connectivity index (χ0n) is 12.8. The summed E-state index contributed by atoms with van der Waals surface area (Å²) in [5.41, 5.74) is -0.491. The van der Waals surface area contributed by atoms with Gasteiger partial charge in [-0.15, -0.1) is 0 Å². The Balaban J connectivity index is 1.60. The van der Waals surface area contributed by atoms with Crippen molar-refractivity contribution in [2.45, 2.75) is 45.3 Å². The Hall–Kier alpha value is -2.20. The first kappa shape index (κ1) is 14.4. The summed E-state index contributed by atoms with van der Waals surface area (Å²) >= 11 is 0. The van der Waals surface area contributed by atoms with E-state index in [4.69, 9.17) is 9.47 Å². The van der Waals surface area contributed by atoms with E-state index >= 15 is 0 Å². The Morgan fingerprint density at radius 2 is 1.78 bits per heavy atom. The SMILES string of the molecule is CCc1nn(C[C@@H]2CO2)c(=O)n1Cn1cnn(C[C@@H]2CO2)c1=O. The molecule has 0 saturated carbocycles. The van der Waals surface area contributed by atoms with Gasteiger partial charge in [0, 0.05) is 6.42 Å². The first-order chi connectivity index (χ1) is 11.2. The van der Waals surface area contributed by atoms with Crippen molar-refractivity contribution >= 4 is 0 Å². The van der Waals surface area contributed by atoms with Gasteiger partial charge in [0.15, 0.2) is 0 Å². The molecule has 10 nitrogen and oxygen atoms in total. The minimum atomic E-state index is -0.257.